The quantitative estimate of drug-likeness (QED) is 0.482. The molecular weight excluding hydrogens is 426 g/mol. The van der Waals surface area contributed by atoms with Crippen LogP contribution in [0.3, 0.4) is 0 Å². The van der Waals surface area contributed by atoms with Crippen molar-refractivity contribution in [1.29, 1.82) is 0 Å². The standard InChI is InChI=1S/C9H27Si4.3C2H6N.Zr/c1-11(2,3)10(12(4,5)6)13(7,8)9;3*1-3-2;/h1-9H3;3*1-2H3;/q;3*-1;+3. The number of hydrogen-bond donors (Lipinski definition) is 0. The molecule has 0 aromatic heterocycles. The Morgan fingerprint density at radius 2 is 0.522 bits per heavy atom. The fourth-order valence-corrected chi connectivity index (χ4v) is 91.1. The molecule has 0 heterocycles. The van der Waals surface area contributed by atoms with Gasteiger partial charge in [0.1, 0.15) is 0 Å². The summed E-state index contributed by atoms with van der Waals surface area (Å²) in [4.78, 5) is 0. The molecule has 0 N–H and O–H groups in total. The summed E-state index contributed by atoms with van der Waals surface area (Å²) in [7, 11) is 8.03. The third-order valence-electron chi connectivity index (χ3n) is 2.25. The maximum Gasteiger partial charge on any atom is 3.00 e. The third kappa shape index (κ3) is 28.7. The first-order valence-electron chi connectivity index (χ1n) is 7.93. The average molecular weight is 471 g/mol. The topological polar surface area (TPSA) is 42.3 Å². The van der Waals surface area contributed by atoms with Gasteiger partial charge in [-0.25, -0.2) is 0 Å². The Labute approximate surface area is 172 Å². The SMILES string of the molecule is C[N-]C.C[N-]C.C[N-]C.C[Si](C)(C)[Si]([Si](C)(C)C)[Si](C)(C)C.[Zr+3]. The Kier molecular flexibility index (Phi) is 28.6. The second-order valence-electron chi connectivity index (χ2n) is 8.47. The third-order valence-corrected chi connectivity index (χ3v) is 60.8. The van der Waals surface area contributed by atoms with E-state index >= 15 is 0 Å². The molecule has 0 aliphatic rings. The molecule has 0 spiro atoms. The smallest absolute Gasteiger partial charge is 0.668 e. The van der Waals surface area contributed by atoms with Crippen LogP contribution in [0, 0.1) is 0 Å². The molecule has 0 rings (SSSR count). The molecule has 23 heavy (non-hydrogen) atoms. The van der Waals surface area contributed by atoms with Gasteiger partial charge in [0.15, 0.2) is 0 Å². The van der Waals surface area contributed by atoms with Crippen LogP contribution in [0.25, 0.3) is 16.0 Å². The largest absolute Gasteiger partial charge is 3.00 e. The molecule has 0 saturated heterocycles. The summed E-state index contributed by atoms with van der Waals surface area (Å²) in [6, 6.07) is 0. The van der Waals surface area contributed by atoms with Crippen molar-refractivity contribution in [3.63, 3.8) is 0 Å². The van der Waals surface area contributed by atoms with Crippen molar-refractivity contribution in [1.82, 2.24) is 0 Å². The van der Waals surface area contributed by atoms with E-state index in [0.29, 0.717) is 0 Å². The molecule has 0 unspecified atom stereocenters. The van der Waals surface area contributed by atoms with Gasteiger partial charge in [-0.2, -0.15) is 42.3 Å². The van der Waals surface area contributed by atoms with Crippen molar-refractivity contribution in [2.45, 2.75) is 58.9 Å². The van der Waals surface area contributed by atoms with Gasteiger partial charge in [-0.15, -0.1) is 0 Å². The van der Waals surface area contributed by atoms with Crippen LogP contribution in [0.15, 0.2) is 0 Å². The zero-order valence-corrected chi connectivity index (χ0v) is 25.3. The van der Waals surface area contributed by atoms with Gasteiger partial charge < -0.3 is 16.0 Å². The summed E-state index contributed by atoms with van der Waals surface area (Å²) < 4.78 is 0. The van der Waals surface area contributed by atoms with Crippen LogP contribution in [0.2, 0.25) is 58.9 Å². The Morgan fingerprint density at radius 1 is 0.435 bits per heavy atom. The predicted octanol–water partition coefficient (Wildman–Crippen LogP) is 5.59. The summed E-state index contributed by atoms with van der Waals surface area (Å²) >= 11 is 0. The summed E-state index contributed by atoms with van der Waals surface area (Å²) in [5, 5.41) is 10.5. The maximum atomic E-state index is 3.50. The van der Waals surface area contributed by atoms with E-state index in [4.69, 9.17) is 0 Å². The van der Waals surface area contributed by atoms with Gasteiger partial charge in [0.2, 0.25) is 0 Å². The van der Waals surface area contributed by atoms with E-state index in [1.165, 1.54) is 0 Å². The van der Waals surface area contributed by atoms with Crippen LogP contribution in [0.4, 0.5) is 0 Å². The summed E-state index contributed by atoms with van der Waals surface area (Å²) in [6.07, 6.45) is 0. The first kappa shape index (κ1) is 35.7. The van der Waals surface area contributed by atoms with Gasteiger partial charge >= 0.3 is 26.2 Å². The number of hydrogen-bond acceptors (Lipinski definition) is 0. The molecule has 0 aromatic carbocycles. The molecule has 8 heteroatoms. The first-order chi connectivity index (χ1) is 9.61. The Hall–Kier alpha value is 1.63. The van der Waals surface area contributed by atoms with Gasteiger partial charge in [-0.05, 0) is 0 Å². The molecule has 0 aromatic rings. The monoisotopic (exact) mass is 469 g/mol. The van der Waals surface area contributed by atoms with Crippen molar-refractivity contribution in [3.8, 4) is 0 Å². The van der Waals surface area contributed by atoms with Crippen molar-refractivity contribution < 1.29 is 26.2 Å². The predicted molar refractivity (Wildman–Crippen MR) is 121 cm³/mol. The Bertz CT molecular complexity index is 186. The zero-order valence-electron chi connectivity index (χ0n) is 18.8. The van der Waals surface area contributed by atoms with Crippen molar-refractivity contribution >= 4 is 30.1 Å². The van der Waals surface area contributed by atoms with Crippen molar-refractivity contribution in [3.05, 3.63) is 16.0 Å². The fraction of sp³-hybridized carbons (Fsp3) is 1.00. The maximum absolute atomic E-state index is 3.50. The van der Waals surface area contributed by atoms with Gasteiger partial charge in [-0.3, -0.25) is 0 Å². The van der Waals surface area contributed by atoms with E-state index in [1.54, 1.807) is 42.3 Å². The molecule has 140 valence electrons. The molecule has 0 atom stereocenters. The van der Waals surface area contributed by atoms with E-state index < -0.39 is 22.8 Å². The molecule has 3 nitrogen and oxygen atoms in total. The van der Waals surface area contributed by atoms with E-state index in [1.807, 2.05) is 0 Å². The molecule has 2 radical (unpaired) electrons. The van der Waals surface area contributed by atoms with E-state index in [2.05, 4.69) is 74.9 Å². The van der Waals surface area contributed by atoms with Gasteiger partial charge in [-0.1, -0.05) is 58.9 Å². The van der Waals surface area contributed by atoms with Gasteiger partial charge in [0, 0.05) is 30.1 Å². The minimum atomic E-state index is -0.832. The van der Waals surface area contributed by atoms with Crippen molar-refractivity contribution in [2.24, 2.45) is 0 Å². The van der Waals surface area contributed by atoms with E-state index in [9.17, 15) is 0 Å². The van der Waals surface area contributed by atoms with Gasteiger partial charge in [0.05, 0.1) is 0 Å². The van der Waals surface area contributed by atoms with E-state index in [-0.39, 0.29) is 33.6 Å². The first-order valence-corrected chi connectivity index (χ1v) is 22.9. The normalized spacial score (nSPS) is 11.0. The van der Waals surface area contributed by atoms with E-state index in [0.717, 1.165) is 0 Å². The van der Waals surface area contributed by atoms with Crippen LogP contribution in [-0.4, -0.2) is 72.4 Å². The molecule has 0 aliphatic carbocycles. The van der Waals surface area contributed by atoms with Gasteiger partial charge in [0.25, 0.3) is 0 Å². The van der Waals surface area contributed by atoms with Crippen LogP contribution >= 0.6 is 0 Å². The second kappa shape index (κ2) is 18.4. The summed E-state index contributed by atoms with van der Waals surface area (Å²) in [5.41, 5.74) is 0. The molecule has 0 fully saturated rings. The van der Waals surface area contributed by atoms with Crippen LogP contribution in [0.1, 0.15) is 0 Å². The number of rotatable bonds is 3. The second-order valence-corrected chi connectivity index (χ2v) is 45.2. The molecular formula is C15H45N3Si4Zr. The Balaban J connectivity index is -0.0000000900. The minimum absolute atomic E-state index is 0. The van der Waals surface area contributed by atoms with Crippen molar-refractivity contribution in [2.75, 3.05) is 42.3 Å². The Morgan fingerprint density at radius 3 is 0.522 bits per heavy atom. The molecule has 0 aliphatic heterocycles. The molecule has 0 saturated carbocycles. The molecule has 0 amide bonds. The average Bonchev–Trinajstić information content (AvgIpc) is 2.12. The zero-order chi connectivity index (χ0) is 19.2. The van der Waals surface area contributed by atoms with Crippen LogP contribution < -0.4 is 0 Å². The number of nitrogens with zero attached hydrogens (tertiary/aromatic N) is 3. The minimum Gasteiger partial charge on any atom is -0.668 e. The summed E-state index contributed by atoms with van der Waals surface area (Å²) in [6.45, 7) is 23.5. The summed E-state index contributed by atoms with van der Waals surface area (Å²) in [5.74, 6) is 0. The fourth-order valence-electron chi connectivity index (χ4n) is 3.38. The van der Waals surface area contributed by atoms with Crippen LogP contribution in [0.5, 0.6) is 0 Å². The van der Waals surface area contributed by atoms with Crippen LogP contribution in [-0.2, 0) is 26.2 Å². The molecule has 0 bridgehead atoms.